The van der Waals surface area contributed by atoms with Crippen LogP contribution in [0.4, 0.5) is 34.1 Å². The third kappa shape index (κ3) is 6.68. The molecule has 0 saturated carbocycles. The molecule has 0 aliphatic carbocycles. The van der Waals surface area contributed by atoms with Gasteiger partial charge in [-0.25, -0.2) is 19.3 Å². The molecule has 1 aliphatic heterocycles. The molecule has 0 spiro atoms. The fourth-order valence-electron chi connectivity index (χ4n) is 3.85. The number of carbonyl (C=O) groups excluding carboxylic acids is 1. The molecule has 0 aromatic carbocycles. The highest BCUT2D eigenvalue weighted by molar-refractivity contribution is 7.10. The zero-order chi connectivity index (χ0) is 26.6. The van der Waals surface area contributed by atoms with Gasteiger partial charge in [0.1, 0.15) is 23.1 Å². The van der Waals surface area contributed by atoms with Crippen LogP contribution < -0.4 is 15.4 Å². The van der Waals surface area contributed by atoms with E-state index in [1.807, 2.05) is 0 Å². The number of nitrogens with zero attached hydrogens (tertiary/aromatic N) is 5. The summed E-state index contributed by atoms with van der Waals surface area (Å²) >= 11 is 0.958. The van der Waals surface area contributed by atoms with Gasteiger partial charge in [-0.05, 0) is 43.9 Å². The Morgan fingerprint density at radius 2 is 2.03 bits per heavy atom. The lowest BCUT2D eigenvalue weighted by Gasteiger charge is -2.34. The maximum Gasteiger partial charge on any atom is 0.434 e. The number of halogens is 4. The Bertz CT molecular complexity index is 1210. The minimum Gasteiger partial charge on any atom is -0.471 e. The van der Waals surface area contributed by atoms with Gasteiger partial charge in [0.25, 0.3) is 5.91 Å². The number of hydrogen-bond acceptors (Lipinski definition) is 9. The van der Waals surface area contributed by atoms with E-state index in [9.17, 15) is 22.4 Å². The van der Waals surface area contributed by atoms with E-state index < -0.39 is 30.1 Å². The average molecular weight is 540 g/mol. The topological polar surface area (TPSA) is 105 Å². The third-order valence-electron chi connectivity index (χ3n) is 5.65. The Morgan fingerprint density at radius 3 is 2.65 bits per heavy atom. The second-order valence-electron chi connectivity index (χ2n) is 8.48. The van der Waals surface area contributed by atoms with Gasteiger partial charge in [-0.15, -0.1) is 0 Å². The van der Waals surface area contributed by atoms with Gasteiger partial charge in [0.15, 0.2) is 5.69 Å². The molecule has 2 atom stereocenters. The van der Waals surface area contributed by atoms with Crippen LogP contribution in [0.3, 0.4) is 0 Å². The minimum absolute atomic E-state index is 0.0283. The first-order valence-electron chi connectivity index (χ1n) is 11.6. The zero-order valence-electron chi connectivity index (χ0n) is 20.0. The summed E-state index contributed by atoms with van der Waals surface area (Å²) in [5, 5.41) is 5.78. The Kier molecular flexibility index (Phi) is 8.17. The van der Waals surface area contributed by atoms with Gasteiger partial charge in [0.2, 0.25) is 5.88 Å². The van der Waals surface area contributed by atoms with Crippen LogP contribution in [-0.4, -0.2) is 62.0 Å². The molecule has 0 bridgehead atoms. The molecule has 2 N–H and O–H groups in total. The molecule has 9 nitrogen and oxygen atoms in total. The smallest absolute Gasteiger partial charge is 0.434 e. The van der Waals surface area contributed by atoms with E-state index in [1.54, 1.807) is 19.1 Å². The molecule has 1 unspecified atom stereocenters. The molecule has 4 heterocycles. The van der Waals surface area contributed by atoms with Gasteiger partial charge < -0.3 is 20.3 Å². The molecule has 1 fully saturated rings. The SMILES string of the molecule is CCCN1CCC(Oc2ccc(NC(=O)c3c(C)nsc3Nc3cnc(C(F)(F)F)cn3)cn2)[C@H](F)C1. The average Bonchev–Trinajstić information content (AvgIpc) is 3.22. The Morgan fingerprint density at radius 1 is 1.22 bits per heavy atom. The minimum atomic E-state index is -4.61. The van der Waals surface area contributed by atoms with Crippen LogP contribution in [0, 0.1) is 6.92 Å². The molecule has 14 heteroatoms. The number of aryl methyl sites for hydroxylation is 1. The van der Waals surface area contributed by atoms with E-state index in [2.05, 4.69) is 41.8 Å². The van der Waals surface area contributed by atoms with E-state index in [0.717, 1.165) is 37.2 Å². The first kappa shape index (κ1) is 26.7. The van der Waals surface area contributed by atoms with Gasteiger partial charge in [-0.2, -0.15) is 17.5 Å². The number of likely N-dealkylation sites (tertiary alicyclic amines) is 1. The fourth-order valence-corrected chi connectivity index (χ4v) is 4.65. The van der Waals surface area contributed by atoms with E-state index >= 15 is 0 Å². The summed E-state index contributed by atoms with van der Waals surface area (Å²) in [5.41, 5.74) is -0.134. The van der Waals surface area contributed by atoms with Crippen LogP contribution in [0.2, 0.25) is 0 Å². The Hall–Kier alpha value is -3.39. The molecule has 3 aromatic rings. The van der Waals surface area contributed by atoms with Crippen molar-refractivity contribution < 1.29 is 27.1 Å². The second kappa shape index (κ2) is 11.3. The van der Waals surface area contributed by atoms with Gasteiger partial charge in [-0.3, -0.25) is 4.79 Å². The number of carbonyl (C=O) groups is 1. The third-order valence-corrected chi connectivity index (χ3v) is 6.50. The molecular formula is C23H25F4N7O2S. The van der Waals surface area contributed by atoms with Crippen LogP contribution >= 0.6 is 11.5 Å². The maximum atomic E-state index is 14.5. The quantitative estimate of drug-likeness (QED) is 0.392. The highest BCUT2D eigenvalue weighted by atomic mass is 32.1. The standard InChI is InChI=1S/C23H25F4N7O2S/c1-3-7-34-8-6-16(15(24)12-34)36-19-5-4-14(9-30-19)31-21(35)20-13(2)33-37-22(20)32-18-11-28-17(10-29-18)23(25,26)27/h4-5,9-11,15-16H,3,6-8,12H2,1-2H3,(H,29,32)(H,31,35)/t15-,16?/m1/s1. The summed E-state index contributed by atoms with van der Waals surface area (Å²) in [7, 11) is 0. The van der Waals surface area contributed by atoms with Crippen molar-refractivity contribution >= 4 is 33.9 Å². The molecule has 1 saturated heterocycles. The van der Waals surface area contributed by atoms with Gasteiger partial charge in [0.05, 0.1) is 35.5 Å². The van der Waals surface area contributed by atoms with Gasteiger partial charge in [0, 0.05) is 19.2 Å². The number of nitrogens with one attached hydrogen (secondary N) is 2. The predicted octanol–water partition coefficient (Wildman–Crippen LogP) is 4.85. The molecule has 37 heavy (non-hydrogen) atoms. The number of hydrogen-bond donors (Lipinski definition) is 2. The van der Waals surface area contributed by atoms with E-state index in [-0.39, 0.29) is 17.3 Å². The lowest BCUT2D eigenvalue weighted by Crippen LogP contribution is -2.47. The first-order valence-corrected chi connectivity index (χ1v) is 12.3. The van der Waals surface area contributed by atoms with Crippen LogP contribution in [0.1, 0.15) is 41.5 Å². The van der Waals surface area contributed by atoms with Crippen LogP contribution in [-0.2, 0) is 6.18 Å². The van der Waals surface area contributed by atoms with E-state index in [1.165, 1.54) is 6.20 Å². The lowest BCUT2D eigenvalue weighted by molar-refractivity contribution is -0.141. The molecule has 0 radical (unpaired) electrons. The Balaban J connectivity index is 1.37. The summed E-state index contributed by atoms with van der Waals surface area (Å²) in [6.07, 6.45) is -1.84. The summed E-state index contributed by atoms with van der Waals surface area (Å²) in [5.74, 6) is -0.219. The van der Waals surface area contributed by atoms with Crippen molar-refractivity contribution in [3.63, 3.8) is 0 Å². The monoisotopic (exact) mass is 539 g/mol. The van der Waals surface area contributed by atoms with Crippen molar-refractivity contribution in [2.75, 3.05) is 30.3 Å². The number of alkyl halides is 4. The number of ether oxygens (including phenoxy) is 1. The number of amides is 1. The number of rotatable bonds is 8. The Labute approximate surface area is 214 Å². The first-order chi connectivity index (χ1) is 17.6. The number of anilines is 3. The summed E-state index contributed by atoms with van der Waals surface area (Å²) in [6.45, 7) is 5.63. The fraction of sp³-hybridized carbons (Fsp3) is 0.435. The summed E-state index contributed by atoms with van der Waals surface area (Å²) in [6, 6.07) is 3.14. The van der Waals surface area contributed by atoms with Gasteiger partial charge >= 0.3 is 6.18 Å². The van der Waals surface area contributed by atoms with E-state index in [4.69, 9.17) is 4.74 Å². The maximum absolute atomic E-state index is 14.5. The van der Waals surface area contributed by atoms with Crippen molar-refractivity contribution in [2.45, 2.75) is 45.1 Å². The largest absolute Gasteiger partial charge is 0.471 e. The van der Waals surface area contributed by atoms with Crippen LogP contribution in [0.25, 0.3) is 0 Å². The number of pyridine rings is 1. The van der Waals surface area contributed by atoms with E-state index in [0.29, 0.717) is 35.5 Å². The molecule has 1 amide bonds. The molecular weight excluding hydrogens is 514 g/mol. The highest BCUT2D eigenvalue weighted by Crippen LogP contribution is 2.30. The highest BCUT2D eigenvalue weighted by Gasteiger charge is 2.33. The van der Waals surface area contributed by atoms with Crippen molar-refractivity contribution in [1.29, 1.82) is 0 Å². The molecule has 3 aromatic heterocycles. The summed E-state index contributed by atoms with van der Waals surface area (Å²) in [4.78, 5) is 26.3. The van der Waals surface area contributed by atoms with Crippen molar-refractivity contribution in [2.24, 2.45) is 0 Å². The summed E-state index contributed by atoms with van der Waals surface area (Å²) < 4.78 is 62.5. The predicted molar refractivity (Wildman–Crippen MR) is 130 cm³/mol. The molecule has 198 valence electrons. The normalized spacial score (nSPS) is 18.4. The van der Waals surface area contributed by atoms with Crippen molar-refractivity contribution in [3.05, 3.63) is 47.7 Å². The van der Waals surface area contributed by atoms with Crippen LogP contribution in [0.15, 0.2) is 30.7 Å². The second-order valence-corrected chi connectivity index (χ2v) is 9.26. The zero-order valence-corrected chi connectivity index (χ0v) is 20.9. The molecule has 1 aliphatic rings. The lowest BCUT2D eigenvalue weighted by atomic mass is 10.1. The van der Waals surface area contributed by atoms with Crippen LogP contribution in [0.5, 0.6) is 5.88 Å². The van der Waals surface area contributed by atoms with Crippen molar-refractivity contribution in [3.8, 4) is 5.88 Å². The van der Waals surface area contributed by atoms with Gasteiger partial charge in [-0.1, -0.05) is 6.92 Å². The van der Waals surface area contributed by atoms with Crippen molar-refractivity contribution in [1.82, 2.24) is 24.2 Å². The molecule has 4 rings (SSSR count). The number of aromatic nitrogens is 4. The number of piperidine rings is 1.